The minimum atomic E-state index is -0.0991. The van der Waals surface area contributed by atoms with Crippen molar-refractivity contribution >= 4 is 11.6 Å². The summed E-state index contributed by atoms with van der Waals surface area (Å²) >= 11 is 0. The second-order valence-corrected chi connectivity index (χ2v) is 8.18. The number of amides is 1. The highest BCUT2D eigenvalue weighted by Gasteiger charge is 2.38. The maximum Gasteiger partial charge on any atom is 0.271 e. The predicted molar refractivity (Wildman–Crippen MR) is 118 cm³/mol. The zero-order valence-corrected chi connectivity index (χ0v) is 17.1. The molecule has 7 nitrogen and oxygen atoms in total. The van der Waals surface area contributed by atoms with E-state index in [1.807, 2.05) is 23.1 Å². The number of rotatable bonds is 7. The summed E-state index contributed by atoms with van der Waals surface area (Å²) in [6.07, 6.45) is 12.8. The van der Waals surface area contributed by atoms with Crippen LogP contribution < -0.4 is 16.6 Å². The number of hydrogen-bond donors (Lipinski definition) is 3. The molecule has 4 N–H and O–H groups in total. The number of H-pyrrole nitrogens is 1. The number of anilines is 1. The van der Waals surface area contributed by atoms with Crippen LogP contribution in [-0.2, 0) is 4.79 Å². The van der Waals surface area contributed by atoms with Gasteiger partial charge in [-0.05, 0) is 61.3 Å². The van der Waals surface area contributed by atoms with Crippen molar-refractivity contribution < 1.29 is 4.79 Å². The molecule has 2 aromatic heterocycles. The molecule has 0 spiro atoms. The van der Waals surface area contributed by atoms with E-state index in [0.29, 0.717) is 24.1 Å². The Labute approximate surface area is 176 Å². The average molecular weight is 408 g/mol. The lowest BCUT2D eigenvalue weighted by molar-refractivity contribution is -0.127. The summed E-state index contributed by atoms with van der Waals surface area (Å²) < 4.78 is 0. The minimum absolute atomic E-state index is 0.0383. The number of nitrogens with zero attached hydrogens (tertiary/aromatic N) is 2. The summed E-state index contributed by atoms with van der Waals surface area (Å²) in [5.41, 5.74) is 7.94. The first-order valence-electron chi connectivity index (χ1n) is 10.7. The molecule has 0 bridgehead atoms. The summed E-state index contributed by atoms with van der Waals surface area (Å²) in [6.45, 7) is 1.87. The normalized spacial score (nSPS) is 18.5. The van der Waals surface area contributed by atoms with Crippen LogP contribution in [0, 0.1) is 11.8 Å². The van der Waals surface area contributed by atoms with Crippen LogP contribution in [0.1, 0.15) is 25.7 Å². The van der Waals surface area contributed by atoms with Gasteiger partial charge in [0.1, 0.15) is 5.69 Å². The van der Waals surface area contributed by atoms with Crippen molar-refractivity contribution in [1.82, 2.24) is 14.9 Å². The van der Waals surface area contributed by atoms with Crippen LogP contribution in [-0.4, -0.2) is 46.5 Å². The molecule has 7 heteroatoms. The Morgan fingerprint density at radius 3 is 2.57 bits per heavy atom. The molecule has 1 aliphatic heterocycles. The molecule has 158 valence electrons. The van der Waals surface area contributed by atoms with Crippen LogP contribution in [0.15, 0.2) is 53.7 Å². The molecule has 0 aromatic carbocycles. The van der Waals surface area contributed by atoms with Gasteiger partial charge in [0, 0.05) is 55.9 Å². The Kier molecular flexibility index (Phi) is 6.28. The van der Waals surface area contributed by atoms with Crippen LogP contribution in [0.25, 0.3) is 11.1 Å². The second-order valence-electron chi connectivity index (χ2n) is 8.18. The lowest BCUT2D eigenvalue weighted by atomic mass is 9.86. The van der Waals surface area contributed by atoms with E-state index in [1.165, 1.54) is 12.8 Å². The number of aromatic nitrogens is 2. The molecule has 1 amide bonds. The third-order valence-corrected chi connectivity index (χ3v) is 6.12. The van der Waals surface area contributed by atoms with Crippen LogP contribution in [0.4, 0.5) is 5.69 Å². The van der Waals surface area contributed by atoms with Crippen LogP contribution in [0.3, 0.4) is 0 Å². The molecule has 1 unspecified atom stereocenters. The Balaban J connectivity index is 1.46. The van der Waals surface area contributed by atoms with Gasteiger partial charge >= 0.3 is 0 Å². The van der Waals surface area contributed by atoms with E-state index >= 15 is 0 Å². The molecule has 1 atom stereocenters. The van der Waals surface area contributed by atoms with Crippen LogP contribution in [0.5, 0.6) is 0 Å². The number of nitrogens with two attached hydrogens (primary N) is 1. The second kappa shape index (κ2) is 9.26. The van der Waals surface area contributed by atoms with Crippen molar-refractivity contribution in [3.05, 3.63) is 59.3 Å². The fraction of sp³-hybridized carbons (Fsp3) is 0.435. The van der Waals surface area contributed by atoms with Gasteiger partial charge in [-0.15, -0.1) is 0 Å². The molecule has 3 heterocycles. The van der Waals surface area contributed by atoms with Gasteiger partial charge in [0.05, 0.1) is 0 Å². The maximum atomic E-state index is 12.5. The highest BCUT2D eigenvalue weighted by molar-refractivity contribution is 5.87. The lowest BCUT2D eigenvalue weighted by Crippen LogP contribution is -2.43. The number of pyridine rings is 2. The van der Waals surface area contributed by atoms with E-state index in [0.717, 1.165) is 37.1 Å². The standard InChI is InChI=1S/C23H29N5O2/c24-9-1-2-21(29)28-12-7-18(8-13-28)22(17-3-4-17)27-20-14-19(15-26-23(20)30)16-5-10-25-11-6-16/h1-2,5-6,10-11,14-15,17-18,22,27H,3-4,7-9,12-13,24H2,(H,26,30)/b2-1+. The van der Waals surface area contributed by atoms with Crippen LogP contribution in [0.2, 0.25) is 0 Å². The average Bonchev–Trinajstić information content (AvgIpc) is 3.63. The van der Waals surface area contributed by atoms with E-state index in [-0.39, 0.29) is 17.5 Å². The monoisotopic (exact) mass is 407 g/mol. The number of piperidine rings is 1. The summed E-state index contributed by atoms with van der Waals surface area (Å²) in [5, 5.41) is 3.57. The van der Waals surface area contributed by atoms with Crippen molar-refractivity contribution in [2.24, 2.45) is 17.6 Å². The van der Waals surface area contributed by atoms with E-state index in [1.54, 1.807) is 30.7 Å². The van der Waals surface area contributed by atoms with Gasteiger partial charge < -0.3 is 20.9 Å². The number of aromatic amines is 1. The van der Waals surface area contributed by atoms with Gasteiger partial charge in [-0.3, -0.25) is 14.6 Å². The van der Waals surface area contributed by atoms with Crippen molar-refractivity contribution in [2.75, 3.05) is 25.0 Å². The molecule has 1 saturated carbocycles. The molecular weight excluding hydrogens is 378 g/mol. The number of nitrogens with one attached hydrogen (secondary N) is 2. The van der Waals surface area contributed by atoms with E-state index in [9.17, 15) is 9.59 Å². The first-order valence-corrected chi connectivity index (χ1v) is 10.7. The Hall–Kier alpha value is -2.93. The van der Waals surface area contributed by atoms with Gasteiger partial charge in [0.2, 0.25) is 5.91 Å². The molecule has 0 radical (unpaired) electrons. The third kappa shape index (κ3) is 4.79. The quantitative estimate of drug-likeness (QED) is 0.612. The largest absolute Gasteiger partial charge is 0.377 e. The zero-order chi connectivity index (χ0) is 20.9. The van der Waals surface area contributed by atoms with Crippen LogP contribution >= 0.6 is 0 Å². The summed E-state index contributed by atoms with van der Waals surface area (Å²) in [6, 6.07) is 6.05. The Morgan fingerprint density at radius 1 is 1.20 bits per heavy atom. The van der Waals surface area contributed by atoms with Crippen molar-refractivity contribution in [3.63, 3.8) is 0 Å². The predicted octanol–water partition coefficient (Wildman–Crippen LogP) is 2.38. The fourth-order valence-corrected chi connectivity index (χ4v) is 4.31. The number of hydrogen-bond acceptors (Lipinski definition) is 5. The highest BCUT2D eigenvalue weighted by Crippen LogP contribution is 2.40. The van der Waals surface area contributed by atoms with Gasteiger partial charge in [-0.25, -0.2) is 0 Å². The maximum absolute atomic E-state index is 12.5. The van der Waals surface area contributed by atoms with Gasteiger partial charge in [-0.1, -0.05) is 6.08 Å². The van der Waals surface area contributed by atoms with Crippen molar-refractivity contribution in [1.29, 1.82) is 0 Å². The number of carbonyl (C=O) groups is 1. The summed E-state index contributed by atoms with van der Waals surface area (Å²) in [7, 11) is 0. The first-order chi connectivity index (χ1) is 14.7. The highest BCUT2D eigenvalue weighted by atomic mass is 16.2. The van der Waals surface area contributed by atoms with Crippen molar-refractivity contribution in [3.8, 4) is 11.1 Å². The van der Waals surface area contributed by atoms with Gasteiger partial charge in [0.15, 0.2) is 0 Å². The SMILES string of the molecule is NC/C=C/C(=O)N1CCC(C(Nc2cc(-c3ccncc3)c[nH]c2=O)C2CC2)CC1. The smallest absolute Gasteiger partial charge is 0.271 e. The summed E-state index contributed by atoms with van der Waals surface area (Å²) in [5.74, 6) is 1.08. The third-order valence-electron chi connectivity index (χ3n) is 6.12. The molecule has 2 fully saturated rings. The van der Waals surface area contributed by atoms with Gasteiger partial charge in [-0.2, -0.15) is 0 Å². The van der Waals surface area contributed by atoms with Gasteiger partial charge in [0.25, 0.3) is 5.56 Å². The fourth-order valence-electron chi connectivity index (χ4n) is 4.31. The molecule has 30 heavy (non-hydrogen) atoms. The summed E-state index contributed by atoms with van der Waals surface area (Å²) in [4.78, 5) is 33.5. The molecule has 2 aromatic rings. The van der Waals surface area contributed by atoms with E-state index in [4.69, 9.17) is 5.73 Å². The topological polar surface area (TPSA) is 104 Å². The minimum Gasteiger partial charge on any atom is -0.377 e. The zero-order valence-electron chi connectivity index (χ0n) is 17.1. The first kappa shape index (κ1) is 20.3. The van der Waals surface area contributed by atoms with Crippen molar-refractivity contribution in [2.45, 2.75) is 31.7 Å². The Morgan fingerprint density at radius 2 is 1.90 bits per heavy atom. The number of carbonyl (C=O) groups excluding carboxylic acids is 1. The molecule has 2 aliphatic rings. The van der Waals surface area contributed by atoms with E-state index in [2.05, 4.69) is 15.3 Å². The molecular formula is C23H29N5O2. The molecule has 1 saturated heterocycles. The lowest BCUT2D eigenvalue weighted by Gasteiger charge is -2.36. The molecule has 1 aliphatic carbocycles. The number of likely N-dealkylation sites (tertiary alicyclic amines) is 1. The van der Waals surface area contributed by atoms with E-state index < -0.39 is 0 Å². The molecule has 4 rings (SSSR count). The Bertz CT molecular complexity index is 944.